The van der Waals surface area contributed by atoms with Crippen LogP contribution in [0.4, 0.5) is 5.69 Å². The number of anilines is 1. The molecule has 1 unspecified atom stereocenters. The average molecular weight is 480 g/mol. The Morgan fingerprint density at radius 1 is 1.09 bits per heavy atom. The fourth-order valence-electron chi connectivity index (χ4n) is 3.38. The number of nitrogens with one attached hydrogen (secondary N) is 2. The van der Waals surface area contributed by atoms with Crippen molar-refractivity contribution in [1.29, 1.82) is 0 Å². The van der Waals surface area contributed by atoms with Crippen molar-refractivity contribution in [3.05, 3.63) is 69.8 Å². The molecule has 0 aliphatic rings. The smallest absolute Gasteiger partial charge is 0.260 e. The van der Waals surface area contributed by atoms with Gasteiger partial charge >= 0.3 is 0 Å². The number of benzene rings is 2. The largest absolute Gasteiger partial charge is 0.497 e. The highest BCUT2D eigenvalue weighted by atomic mass is 32.2. The Morgan fingerprint density at radius 2 is 1.79 bits per heavy atom. The van der Waals surface area contributed by atoms with Gasteiger partial charge in [-0.3, -0.25) is 9.59 Å². The van der Waals surface area contributed by atoms with Gasteiger partial charge in [-0.05, 0) is 48.2 Å². The molecule has 2 aromatic heterocycles. The minimum Gasteiger partial charge on any atom is -0.497 e. The highest BCUT2D eigenvalue weighted by Crippen LogP contribution is 2.33. The van der Waals surface area contributed by atoms with Crippen LogP contribution in [0.2, 0.25) is 0 Å². The molecule has 170 valence electrons. The van der Waals surface area contributed by atoms with E-state index < -0.39 is 5.25 Å². The van der Waals surface area contributed by atoms with Crippen molar-refractivity contribution in [2.45, 2.75) is 37.1 Å². The number of rotatable bonds is 7. The van der Waals surface area contributed by atoms with Crippen molar-refractivity contribution >= 4 is 44.9 Å². The quantitative estimate of drug-likeness (QED) is 0.255. The molecule has 4 aromatic rings. The van der Waals surface area contributed by atoms with Gasteiger partial charge in [-0.1, -0.05) is 49.9 Å². The Kier molecular flexibility index (Phi) is 6.85. The Morgan fingerprint density at radius 3 is 2.42 bits per heavy atom. The first-order chi connectivity index (χ1) is 15.9. The monoisotopic (exact) mass is 479 g/mol. The second kappa shape index (κ2) is 9.80. The molecular weight excluding hydrogens is 454 g/mol. The highest BCUT2D eigenvalue weighted by Gasteiger charge is 2.19. The van der Waals surface area contributed by atoms with Crippen molar-refractivity contribution in [3.63, 3.8) is 0 Å². The van der Waals surface area contributed by atoms with Crippen molar-refractivity contribution < 1.29 is 9.53 Å². The maximum absolute atomic E-state index is 12.9. The third-order valence-electron chi connectivity index (χ3n) is 5.33. The summed E-state index contributed by atoms with van der Waals surface area (Å²) in [6.45, 7) is 6.09. The van der Waals surface area contributed by atoms with Gasteiger partial charge in [-0.2, -0.15) is 0 Å². The predicted octanol–water partition coefficient (Wildman–Crippen LogP) is 5.90. The summed E-state index contributed by atoms with van der Waals surface area (Å²) in [5, 5.41) is 5.39. The van der Waals surface area contributed by atoms with Gasteiger partial charge in [0.1, 0.15) is 10.6 Å². The fraction of sp³-hybridized carbons (Fsp3) is 0.240. The predicted molar refractivity (Wildman–Crippen MR) is 137 cm³/mol. The lowest BCUT2D eigenvalue weighted by atomic mass is 9.99. The molecule has 4 rings (SSSR count). The number of thioether (sulfide) groups is 1. The van der Waals surface area contributed by atoms with E-state index >= 15 is 0 Å². The van der Waals surface area contributed by atoms with Crippen LogP contribution in [0.1, 0.15) is 32.3 Å². The maximum atomic E-state index is 12.9. The number of methoxy groups -OCH3 is 1. The van der Waals surface area contributed by atoms with Crippen LogP contribution in [-0.4, -0.2) is 28.2 Å². The van der Waals surface area contributed by atoms with E-state index in [9.17, 15) is 9.59 Å². The summed E-state index contributed by atoms with van der Waals surface area (Å²) < 4.78 is 5.13. The zero-order valence-corrected chi connectivity index (χ0v) is 20.5. The maximum Gasteiger partial charge on any atom is 0.260 e. The third kappa shape index (κ3) is 5.12. The molecule has 2 heterocycles. The lowest BCUT2D eigenvalue weighted by molar-refractivity contribution is -0.115. The molecule has 2 aromatic carbocycles. The molecule has 0 bridgehead atoms. The number of H-pyrrole nitrogens is 1. The van der Waals surface area contributed by atoms with Crippen LogP contribution in [0.15, 0.2) is 63.9 Å². The van der Waals surface area contributed by atoms with Gasteiger partial charge in [-0.25, -0.2) is 4.98 Å². The zero-order chi connectivity index (χ0) is 23.5. The number of hydrogen-bond donors (Lipinski definition) is 2. The molecule has 1 amide bonds. The normalized spacial score (nSPS) is 12.2. The molecule has 2 N–H and O–H groups in total. The molecule has 6 nitrogen and oxygen atoms in total. The Hall–Kier alpha value is -3.10. The SMILES string of the molecule is COc1ccc(NC(=O)C(C)Sc2nc3scc(-c4ccc(C(C)C)cc4)c3c(=O)[nH]2)cc1. The summed E-state index contributed by atoms with van der Waals surface area (Å²) in [5.41, 5.74) is 3.60. The van der Waals surface area contributed by atoms with E-state index in [1.54, 1.807) is 38.3 Å². The first-order valence-corrected chi connectivity index (χ1v) is 12.3. The fourth-order valence-corrected chi connectivity index (χ4v) is 5.19. The Labute approximate surface area is 200 Å². The summed E-state index contributed by atoms with van der Waals surface area (Å²) in [6, 6.07) is 15.4. The van der Waals surface area contributed by atoms with Gasteiger partial charge in [-0.15, -0.1) is 11.3 Å². The second-order valence-electron chi connectivity index (χ2n) is 7.96. The molecule has 0 fully saturated rings. The van der Waals surface area contributed by atoms with E-state index in [1.807, 2.05) is 17.5 Å². The van der Waals surface area contributed by atoms with Gasteiger partial charge in [0.15, 0.2) is 5.16 Å². The van der Waals surface area contributed by atoms with Crippen molar-refractivity contribution in [3.8, 4) is 16.9 Å². The lowest BCUT2D eigenvalue weighted by Gasteiger charge is -2.12. The zero-order valence-electron chi connectivity index (χ0n) is 18.8. The number of ether oxygens (including phenoxy) is 1. The molecule has 0 saturated heterocycles. The van der Waals surface area contributed by atoms with Gasteiger partial charge in [0.25, 0.3) is 5.56 Å². The van der Waals surface area contributed by atoms with Crippen LogP contribution < -0.4 is 15.6 Å². The van der Waals surface area contributed by atoms with Crippen molar-refractivity contribution in [2.75, 3.05) is 12.4 Å². The second-order valence-corrected chi connectivity index (χ2v) is 10.1. The number of hydrogen-bond acceptors (Lipinski definition) is 6. The molecule has 0 aliphatic heterocycles. The first kappa shape index (κ1) is 23.1. The van der Waals surface area contributed by atoms with E-state index in [2.05, 4.69) is 41.3 Å². The summed E-state index contributed by atoms with van der Waals surface area (Å²) >= 11 is 2.65. The van der Waals surface area contributed by atoms with Gasteiger partial charge in [0.05, 0.1) is 17.7 Å². The van der Waals surface area contributed by atoms with E-state index in [0.29, 0.717) is 27.0 Å². The standard InChI is InChI=1S/C25H25N3O3S2/c1-14(2)16-5-7-17(8-6-16)20-13-32-24-21(20)23(30)27-25(28-24)33-15(3)22(29)26-18-9-11-19(31-4)12-10-18/h5-15H,1-4H3,(H,26,29)(H,27,28,30). The number of aromatic amines is 1. The average Bonchev–Trinajstić information content (AvgIpc) is 3.24. The summed E-state index contributed by atoms with van der Waals surface area (Å²) in [4.78, 5) is 33.6. The number of amides is 1. The number of carbonyl (C=O) groups excluding carboxylic acids is 1. The lowest BCUT2D eigenvalue weighted by Crippen LogP contribution is -2.23. The van der Waals surface area contributed by atoms with Gasteiger partial charge < -0.3 is 15.0 Å². The molecular formula is C25H25N3O3S2. The van der Waals surface area contributed by atoms with Crippen molar-refractivity contribution in [1.82, 2.24) is 9.97 Å². The van der Waals surface area contributed by atoms with E-state index in [0.717, 1.165) is 16.9 Å². The van der Waals surface area contributed by atoms with Crippen LogP contribution in [0.3, 0.4) is 0 Å². The summed E-state index contributed by atoms with van der Waals surface area (Å²) in [5.74, 6) is 0.994. The van der Waals surface area contributed by atoms with Crippen LogP contribution in [0.25, 0.3) is 21.3 Å². The third-order valence-corrected chi connectivity index (χ3v) is 7.18. The van der Waals surface area contributed by atoms with Crippen LogP contribution in [-0.2, 0) is 4.79 Å². The molecule has 33 heavy (non-hydrogen) atoms. The number of fused-ring (bicyclic) bond motifs is 1. The Bertz CT molecular complexity index is 1330. The number of carbonyl (C=O) groups is 1. The van der Waals surface area contributed by atoms with Crippen molar-refractivity contribution in [2.24, 2.45) is 0 Å². The van der Waals surface area contributed by atoms with E-state index in [1.165, 1.54) is 28.7 Å². The number of thiophene rings is 1. The summed E-state index contributed by atoms with van der Waals surface area (Å²) in [6.07, 6.45) is 0. The van der Waals surface area contributed by atoms with Crippen LogP contribution >= 0.6 is 23.1 Å². The Balaban J connectivity index is 1.52. The summed E-state index contributed by atoms with van der Waals surface area (Å²) in [7, 11) is 1.59. The molecule has 1 atom stereocenters. The molecule has 0 spiro atoms. The topological polar surface area (TPSA) is 84.1 Å². The highest BCUT2D eigenvalue weighted by molar-refractivity contribution is 8.00. The van der Waals surface area contributed by atoms with Crippen LogP contribution in [0, 0.1) is 0 Å². The molecule has 0 saturated carbocycles. The number of nitrogens with zero attached hydrogens (tertiary/aromatic N) is 1. The minimum atomic E-state index is -0.448. The first-order valence-electron chi connectivity index (χ1n) is 10.6. The number of aromatic nitrogens is 2. The van der Waals surface area contributed by atoms with E-state index in [4.69, 9.17) is 4.74 Å². The van der Waals surface area contributed by atoms with Gasteiger partial charge in [0, 0.05) is 16.6 Å². The molecule has 8 heteroatoms. The molecule has 0 radical (unpaired) electrons. The van der Waals surface area contributed by atoms with Gasteiger partial charge in [0.2, 0.25) is 5.91 Å². The minimum absolute atomic E-state index is 0.176. The van der Waals surface area contributed by atoms with E-state index in [-0.39, 0.29) is 11.5 Å². The molecule has 0 aliphatic carbocycles. The van der Waals surface area contributed by atoms with Crippen LogP contribution in [0.5, 0.6) is 5.75 Å².